The molecule has 7 nitrogen and oxygen atoms in total. The number of carbonyl (C=O) groups is 1. The zero-order valence-corrected chi connectivity index (χ0v) is 45.5. The zero-order valence-electron chi connectivity index (χ0n) is 44.1. The van der Waals surface area contributed by atoms with E-state index in [9.17, 15) is 4.79 Å². The number of benzene rings is 8. The maximum atomic E-state index is 11.4. The zero-order chi connectivity index (χ0) is 51.6. The monoisotopic (exact) mass is 1140 g/mol. The number of para-hydroxylation sites is 1. The SMILES string of the molecule is CCn1c2c[c-]c(-c3nc4cc5c(ccc6ccccc65)cc4n3-c3c(C)cc(-c4ccccc4)cc3C)cc2c2ccccc21.[2H]C([2H])(c1cc(-c2[c-]cc(C(=O)OO)cc2)ncc1[Si](C)(C)C)C(C)(C)C.[Ir]. The van der Waals surface area contributed by atoms with Gasteiger partial charge in [-0.15, -0.1) is 53.6 Å². The number of aromatic nitrogens is 4. The van der Waals surface area contributed by atoms with Crippen molar-refractivity contribution in [1.29, 1.82) is 0 Å². The van der Waals surface area contributed by atoms with Crippen LogP contribution in [0.3, 0.4) is 0 Å². The fourth-order valence-electron chi connectivity index (χ4n) is 10.0. The molecule has 3 aromatic heterocycles. The molecule has 0 saturated heterocycles. The summed E-state index contributed by atoms with van der Waals surface area (Å²) in [6.07, 6.45) is 0.241. The molecule has 0 fully saturated rings. The van der Waals surface area contributed by atoms with Crippen molar-refractivity contribution in [1.82, 2.24) is 19.1 Å². The van der Waals surface area contributed by atoms with Crippen molar-refractivity contribution < 1.29 is 37.8 Å². The Balaban J connectivity index is 0.000000207. The van der Waals surface area contributed by atoms with Crippen molar-refractivity contribution in [3.8, 4) is 39.5 Å². The molecule has 3 heterocycles. The van der Waals surface area contributed by atoms with Gasteiger partial charge < -0.3 is 19.0 Å². The third-order valence-corrected chi connectivity index (χ3v) is 15.2. The number of aryl methyl sites for hydroxylation is 3. The molecule has 11 aromatic rings. The van der Waals surface area contributed by atoms with Crippen LogP contribution in [0.1, 0.15) is 57.5 Å². The van der Waals surface area contributed by atoms with Gasteiger partial charge in [-0.05, 0) is 134 Å². The largest absolute Gasteiger partial charge is 0.381 e. The van der Waals surface area contributed by atoms with Gasteiger partial charge in [-0.1, -0.05) is 142 Å². The van der Waals surface area contributed by atoms with E-state index in [-0.39, 0.29) is 25.7 Å². The Kier molecular flexibility index (Phi) is 13.1. The molecule has 0 saturated carbocycles. The summed E-state index contributed by atoms with van der Waals surface area (Å²) in [4.78, 5) is 25.0. The van der Waals surface area contributed by atoms with Crippen molar-refractivity contribution in [2.45, 2.75) is 74.1 Å². The molecule has 8 aromatic carbocycles. The van der Waals surface area contributed by atoms with E-state index in [0.717, 1.165) is 34.2 Å². The number of carbonyl (C=O) groups excluding carboxylic acids is 1. The summed E-state index contributed by atoms with van der Waals surface area (Å²) in [5.41, 5.74) is 13.0. The molecular formula is C63H58IrN4O3Si-2. The maximum absolute atomic E-state index is 11.4. The van der Waals surface area contributed by atoms with Crippen LogP contribution in [0, 0.1) is 31.4 Å². The molecule has 0 aliphatic heterocycles. The molecule has 363 valence electrons. The summed E-state index contributed by atoms with van der Waals surface area (Å²) >= 11 is 0. The first-order valence-corrected chi connectivity index (χ1v) is 27.7. The van der Waals surface area contributed by atoms with E-state index >= 15 is 0 Å². The Bertz CT molecular complexity index is 3910. The van der Waals surface area contributed by atoms with Crippen molar-refractivity contribution in [2.24, 2.45) is 5.41 Å². The van der Waals surface area contributed by atoms with Gasteiger partial charge in [0.2, 0.25) is 0 Å². The Hall–Kier alpha value is -7.00. The number of hydrogen-bond donors (Lipinski definition) is 1. The molecule has 0 atom stereocenters. The second-order valence-corrected chi connectivity index (χ2v) is 25.5. The Morgan fingerprint density at radius 3 is 2.07 bits per heavy atom. The molecule has 9 heteroatoms. The van der Waals surface area contributed by atoms with Crippen LogP contribution in [0.2, 0.25) is 19.6 Å². The third-order valence-electron chi connectivity index (χ3n) is 13.2. The van der Waals surface area contributed by atoms with Crippen molar-refractivity contribution in [3.05, 3.63) is 192 Å². The fraction of sp³-hybridized carbons (Fsp3) is 0.190. The normalized spacial score (nSPS) is 12.4. The average molecular weight is 1140 g/mol. The summed E-state index contributed by atoms with van der Waals surface area (Å²) < 4.78 is 22.3. The van der Waals surface area contributed by atoms with Gasteiger partial charge in [-0.3, -0.25) is 9.78 Å². The van der Waals surface area contributed by atoms with E-state index in [2.05, 4.69) is 199 Å². The predicted molar refractivity (Wildman–Crippen MR) is 297 cm³/mol. The molecule has 1 radical (unpaired) electrons. The number of nitrogens with zero attached hydrogens (tertiary/aromatic N) is 4. The summed E-state index contributed by atoms with van der Waals surface area (Å²) in [5.74, 6) is 0.0492. The smallest absolute Gasteiger partial charge is 0.333 e. The molecule has 0 aliphatic rings. The summed E-state index contributed by atoms with van der Waals surface area (Å²) in [6, 6.07) is 59.1. The number of imidazole rings is 1. The molecule has 72 heavy (non-hydrogen) atoms. The van der Waals surface area contributed by atoms with Crippen LogP contribution >= 0.6 is 0 Å². The van der Waals surface area contributed by atoms with Gasteiger partial charge in [0, 0.05) is 46.8 Å². The van der Waals surface area contributed by atoms with E-state index in [1.54, 1.807) is 18.3 Å². The van der Waals surface area contributed by atoms with Crippen LogP contribution in [0.15, 0.2) is 158 Å². The van der Waals surface area contributed by atoms with Gasteiger partial charge >= 0.3 is 5.97 Å². The van der Waals surface area contributed by atoms with Gasteiger partial charge in [-0.2, -0.15) is 0 Å². The van der Waals surface area contributed by atoms with Crippen molar-refractivity contribution in [2.75, 3.05) is 0 Å². The van der Waals surface area contributed by atoms with Crippen molar-refractivity contribution >= 4 is 73.6 Å². The Morgan fingerprint density at radius 1 is 0.708 bits per heavy atom. The topological polar surface area (TPSA) is 82.2 Å². The number of hydrogen-bond acceptors (Lipinski definition) is 5. The van der Waals surface area contributed by atoms with Crippen LogP contribution < -0.4 is 5.19 Å². The van der Waals surface area contributed by atoms with Gasteiger partial charge in [0.15, 0.2) is 0 Å². The second-order valence-electron chi connectivity index (χ2n) is 20.5. The maximum Gasteiger partial charge on any atom is 0.333 e. The summed E-state index contributed by atoms with van der Waals surface area (Å²) in [7, 11) is -1.82. The van der Waals surface area contributed by atoms with Gasteiger partial charge in [0.1, 0.15) is 0 Å². The van der Waals surface area contributed by atoms with Crippen LogP contribution in [-0.4, -0.2) is 38.4 Å². The van der Waals surface area contributed by atoms with Crippen LogP contribution in [0.5, 0.6) is 0 Å². The van der Waals surface area contributed by atoms with Gasteiger partial charge in [0.25, 0.3) is 0 Å². The van der Waals surface area contributed by atoms with Gasteiger partial charge in [-0.25, -0.2) is 5.26 Å². The Morgan fingerprint density at radius 2 is 1.39 bits per heavy atom. The minimum atomic E-state index is -1.82. The minimum Gasteiger partial charge on any atom is -0.381 e. The molecule has 1 N–H and O–H groups in total. The first-order chi connectivity index (χ1) is 34.9. The summed E-state index contributed by atoms with van der Waals surface area (Å²) in [6.45, 7) is 19.8. The first-order valence-electron chi connectivity index (χ1n) is 25.2. The average Bonchev–Trinajstić information content (AvgIpc) is 3.91. The van der Waals surface area contributed by atoms with E-state index in [0.29, 0.717) is 16.8 Å². The fourth-order valence-corrected chi connectivity index (χ4v) is 11.4. The molecule has 0 spiro atoms. The number of pyridine rings is 1. The Labute approximate surface area is 439 Å². The quantitative estimate of drug-likeness (QED) is 0.0539. The number of rotatable bonds is 8. The van der Waals surface area contributed by atoms with E-state index in [1.807, 2.05) is 20.8 Å². The molecule has 0 unspecified atom stereocenters. The molecule has 0 aliphatic carbocycles. The van der Waals surface area contributed by atoms with Crippen molar-refractivity contribution in [3.63, 3.8) is 0 Å². The third kappa shape index (κ3) is 9.58. The van der Waals surface area contributed by atoms with Crippen LogP contribution in [0.4, 0.5) is 0 Å². The standard InChI is InChI=1S/C43H32N3.C20H26NO3Si.Ir/c1-4-45-39-17-11-10-16-35(39)37-24-32(20-21-40(37)45)43-44-38-26-36-31(19-18-30-14-8-9-15-34(30)36)25-41(38)46(43)42-27(2)22-33(23-28(42)3)29-12-6-5-7-13-29;1-20(2,3)12-16-11-17(21-13-18(16)25(4,5)6)14-7-9-15(10-8-14)19(22)24-23;/h5-19,21-26H,4H2,1-3H3;7,9-11,13,23H,12H2,1-6H3;/q2*-1;/i;12D2;. The van der Waals surface area contributed by atoms with Gasteiger partial charge in [0.05, 0.1) is 24.9 Å². The molecule has 11 rings (SSSR count). The molecule has 0 bridgehead atoms. The number of fused-ring (bicyclic) bond motifs is 7. The predicted octanol–water partition coefficient (Wildman–Crippen LogP) is 15.5. The minimum absolute atomic E-state index is 0. The second kappa shape index (κ2) is 19.9. The van der Waals surface area contributed by atoms with E-state index in [1.165, 1.54) is 83.4 Å². The van der Waals surface area contributed by atoms with Crippen LogP contribution in [-0.2, 0) is 37.9 Å². The molecular weight excluding hydrogens is 1080 g/mol. The summed E-state index contributed by atoms with van der Waals surface area (Å²) in [5, 5.41) is 16.9. The van der Waals surface area contributed by atoms with Crippen LogP contribution in [0.25, 0.3) is 93.8 Å². The molecule has 0 amide bonds. The first kappa shape index (κ1) is 47.3. The van der Waals surface area contributed by atoms with E-state index < -0.39 is 25.8 Å². The van der Waals surface area contributed by atoms with E-state index in [4.69, 9.17) is 13.0 Å².